The van der Waals surface area contributed by atoms with Crippen LogP contribution in [0.5, 0.6) is 5.75 Å². The topological polar surface area (TPSA) is 64.9 Å². The first-order valence-electron chi connectivity index (χ1n) is 7.26. The lowest BCUT2D eigenvalue weighted by atomic mass is 10.0. The van der Waals surface area contributed by atoms with Gasteiger partial charge in [-0.3, -0.25) is 4.68 Å². The molecule has 22 heavy (non-hydrogen) atoms. The van der Waals surface area contributed by atoms with Gasteiger partial charge in [-0.1, -0.05) is 25.1 Å². The molecule has 0 spiro atoms. The van der Waals surface area contributed by atoms with E-state index in [0.29, 0.717) is 0 Å². The molecular formula is C16H19N5O. The van der Waals surface area contributed by atoms with E-state index in [0.717, 1.165) is 34.6 Å². The molecule has 1 N–H and O–H groups in total. The molecule has 1 aromatic carbocycles. The fourth-order valence-electron chi connectivity index (χ4n) is 2.60. The number of rotatable bonds is 5. The van der Waals surface area contributed by atoms with Crippen molar-refractivity contribution in [1.29, 1.82) is 0 Å². The van der Waals surface area contributed by atoms with Crippen molar-refractivity contribution < 1.29 is 4.74 Å². The molecule has 0 radical (unpaired) electrons. The molecule has 1 atom stereocenters. The largest absolute Gasteiger partial charge is 0.496 e. The van der Waals surface area contributed by atoms with E-state index >= 15 is 0 Å². The zero-order chi connectivity index (χ0) is 15.5. The van der Waals surface area contributed by atoms with Crippen LogP contribution in [-0.2, 0) is 7.05 Å². The maximum absolute atomic E-state index is 5.47. The minimum absolute atomic E-state index is 0.106. The molecule has 2 aromatic heterocycles. The highest BCUT2D eigenvalue weighted by atomic mass is 16.5. The van der Waals surface area contributed by atoms with Gasteiger partial charge in [0, 0.05) is 12.6 Å². The van der Waals surface area contributed by atoms with Gasteiger partial charge in [-0.05, 0) is 12.5 Å². The quantitative estimate of drug-likeness (QED) is 0.784. The lowest BCUT2D eigenvalue weighted by Crippen LogP contribution is -2.12. The zero-order valence-corrected chi connectivity index (χ0v) is 12.9. The summed E-state index contributed by atoms with van der Waals surface area (Å²) in [6, 6.07) is 8.14. The van der Waals surface area contributed by atoms with Crippen LogP contribution in [-0.4, -0.2) is 26.9 Å². The molecule has 3 aromatic rings. The van der Waals surface area contributed by atoms with Crippen LogP contribution in [0.2, 0.25) is 0 Å². The third kappa shape index (κ3) is 2.47. The lowest BCUT2D eigenvalue weighted by molar-refractivity contribution is 0.406. The number of fused-ring (bicyclic) bond motifs is 1. The minimum atomic E-state index is 0.106. The van der Waals surface area contributed by atoms with Crippen LogP contribution in [0.15, 0.2) is 36.8 Å². The fraction of sp³-hybridized carbons (Fsp3) is 0.312. The summed E-state index contributed by atoms with van der Waals surface area (Å²) in [5, 5.41) is 8.65. The highest BCUT2D eigenvalue weighted by molar-refractivity contribution is 5.86. The van der Waals surface area contributed by atoms with Gasteiger partial charge in [-0.2, -0.15) is 5.10 Å². The molecule has 114 valence electrons. The SMILES string of the molecule is CC[C@H](Nc1ncnc2c1cnn2C)c1ccccc1OC. The van der Waals surface area contributed by atoms with Crippen molar-refractivity contribution in [3.05, 3.63) is 42.4 Å². The monoisotopic (exact) mass is 297 g/mol. The maximum atomic E-state index is 5.47. The zero-order valence-electron chi connectivity index (χ0n) is 12.9. The Hall–Kier alpha value is -2.63. The van der Waals surface area contributed by atoms with Gasteiger partial charge >= 0.3 is 0 Å². The second kappa shape index (κ2) is 6.01. The summed E-state index contributed by atoms with van der Waals surface area (Å²) in [6.45, 7) is 2.13. The third-order valence-electron chi connectivity index (χ3n) is 3.76. The average molecular weight is 297 g/mol. The van der Waals surface area contributed by atoms with Crippen LogP contribution < -0.4 is 10.1 Å². The second-order valence-electron chi connectivity index (χ2n) is 5.07. The molecule has 0 aliphatic carbocycles. The van der Waals surface area contributed by atoms with Crippen molar-refractivity contribution in [3.63, 3.8) is 0 Å². The van der Waals surface area contributed by atoms with Gasteiger partial charge in [0.05, 0.1) is 24.7 Å². The molecule has 0 aliphatic rings. The molecular weight excluding hydrogens is 278 g/mol. The molecule has 0 unspecified atom stereocenters. The number of anilines is 1. The number of nitrogens with zero attached hydrogens (tertiary/aromatic N) is 4. The number of para-hydroxylation sites is 1. The Bertz CT molecular complexity index is 783. The Labute approximate surface area is 129 Å². The van der Waals surface area contributed by atoms with Crippen molar-refractivity contribution in [3.8, 4) is 5.75 Å². The summed E-state index contributed by atoms with van der Waals surface area (Å²) in [6.07, 6.45) is 4.25. The van der Waals surface area contributed by atoms with Gasteiger partial charge in [-0.15, -0.1) is 0 Å². The predicted octanol–water partition coefficient (Wildman–Crippen LogP) is 2.94. The summed E-state index contributed by atoms with van der Waals surface area (Å²) < 4.78 is 7.21. The number of hydrogen-bond acceptors (Lipinski definition) is 5. The van der Waals surface area contributed by atoms with Crippen LogP contribution in [0, 0.1) is 0 Å². The standard InChI is InChI=1S/C16H19N5O/c1-4-13(11-7-5-6-8-14(11)22-3)20-15-12-9-19-21(2)16(12)18-10-17-15/h5-10,13H,4H2,1-3H3,(H,17,18,20)/t13-/m0/s1. The summed E-state index contributed by atoms with van der Waals surface area (Å²) in [5.41, 5.74) is 1.93. The normalized spacial score (nSPS) is 12.3. The van der Waals surface area contributed by atoms with Crippen LogP contribution in [0.25, 0.3) is 11.0 Å². The van der Waals surface area contributed by atoms with Gasteiger partial charge in [0.25, 0.3) is 0 Å². The van der Waals surface area contributed by atoms with Crippen LogP contribution in [0.3, 0.4) is 0 Å². The van der Waals surface area contributed by atoms with Gasteiger partial charge in [-0.25, -0.2) is 9.97 Å². The van der Waals surface area contributed by atoms with E-state index in [2.05, 4.69) is 33.4 Å². The van der Waals surface area contributed by atoms with Crippen molar-refractivity contribution >= 4 is 16.9 Å². The second-order valence-corrected chi connectivity index (χ2v) is 5.07. The van der Waals surface area contributed by atoms with Gasteiger partial charge in [0.1, 0.15) is 17.9 Å². The molecule has 3 rings (SSSR count). The van der Waals surface area contributed by atoms with E-state index in [1.165, 1.54) is 0 Å². The predicted molar refractivity (Wildman–Crippen MR) is 86.0 cm³/mol. The third-order valence-corrected chi connectivity index (χ3v) is 3.76. The van der Waals surface area contributed by atoms with E-state index in [-0.39, 0.29) is 6.04 Å². The van der Waals surface area contributed by atoms with Gasteiger partial charge in [0.2, 0.25) is 0 Å². The Balaban J connectivity index is 1.98. The summed E-state index contributed by atoms with van der Waals surface area (Å²) >= 11 is 0. The molecule has 0 amide bonds. The maximum Gasteiger partial charge on any atom is 0.163 e. The number of nitrogens with one attached hydrogen (secondary N) is 1. The molecule has 0 saturated heterocycles. The Morgan fingerprint density at radius 3 is 2.86 bits per heavy atom. The minimum Gasteiger partial charge on any atom is -0.496 e. The van der Waals surface area contributed by atoms with Crippen LogP contribution >= 0.6 is 0 Å². The smallest absolute Gasteiger partial charge is 0.163 e. The highest BCUT2D eigenvalue weighted by Crippen LogP contribution is 2.31. The van der Waals surface area contributed by atoms with E-state index in [1.54, 1.807) is 24.3 Å². The van der Waals surface area contributed by atoms with E-state index in [9.17, 15) is 0 Å². The molecule has 0 aliphatic heterocycles. The van der Waals surface area contributed by atoms with Gasteiger partial charge in [0.15, 0.2) is 5.65 Å². The van der Waals surface area contributed by atoms with E-state index in [4.69, 9.17) is 4.74 Å². The molecule has 2 heterocycles. The fourth-order valence-corrected chi connectivity index (χ4v) is 2.60. The average Bonchev–Trinajstić information content (AvgIpc) is 2.95. The highest BCUT2D eigenvalue weighted by Gasteiger charge is 2.16. The van der Waals surface area contributed by atoms with Crippen molar-refractivity contribution in [2.45, 2.75) is 19.4 Å². The Kier molecular flexibility index (Phi) is 3.91. The Morgan fingerprint density at radius 1 is 1.27 bits per heavy atom. The molecule has 0 saturated carbocycles. The molecule has 6 heteroatoms. The number of ether oxygens (including phenoxy) is 1. The van der Waals surface area contributed by atoms with Crippen molar-refractivity contribution in [1.82, 2.24) is 19.7 Å². The summed E-state index contributed by atoms with van der Waals surface area (Å²) in [5.74, 6) is 1.66. The van der Waals surface area contributed by atoms with Crippen molar-refractivity contribution in [2.24, 2.45) is 7.05 Å². The summed E-state index contributed by atoms with van der Waals surface area (Å²) in [4.78, 5) is 8.64. The lowest BCUT2D eigenvalue weighted by Gasteiger charge is -2.20. The van der Waals surface area contributed by atoms with Gasteiger partial charge < -0.3 is 10.1 Å². The molecule has 6 nitrogen and oxygen atoms in total. The molecule has 0 bridgehead atoms. The number of aromatic nitrogens is 4. The first-order chi connectivity index (χ1) is 10.7. The number of methoxy groups -OCH3 is 1. The number of hydrogen-bond donors (Lipinski definition) is 1. The first-order valence-corrected chi connectivity index (χ1v) is 7.26. The van der Waals surface area contributed by atoms with E-state index < -0.39 is 0 Å². The number of benzene rings is 1. The van der Waals surface area contributed by atoms with Crippen molar-refractivity contribution in [2.75, 3.05) is 12.4 Å². The Morgan fingerprint density at radius 2 is 2.09 bits per heavy atom. The number of aryl methyl sites for hydroxylation is 1. The summed E-state index contributed by atoms with van der Waals surface area (Å²) in [7, 11) is 3.56. The first kappa shape index (κ1) is 14.3. The molecule has 0 fully saturated rings. The van der Waals surface area contributed by atoms with Crippen LogP contribution in [0.4, 0.5) is 5.82 Å². The van der Waals surface area contributed by atoms with Crippen LogP contribution in [0.1, 0.15) is 24.9 Å². The van der Waals surface area contributed by atoms with E-state index in [1.807, 2.05) is 25.2 Å².